The standard InChI is InChI=1S/C13H18N4O4/c1-9(18)16-5-6-17(8-10(7-16)12(19)14-2)13(20)11-3-4-15-21-11/h3-4,10H,5-8H2,1-2H3,(H,14,19)/t10-/m1/s1. The van der Waals surface area contributed by atoms with Gasteiger partial charge in [-0.3, -0.25) is 14.4 Å². The minimum atomic E-state index is -0.465. The van der Waals surface area contributed by atoms with Crippen LogP contribution in [0.25, 0.3) is 0 Å². The van der Waals surface area contributed by atoms with Crippen molar-refractivity contribution < 1.29 is 18.9 Å². The fraction of sp³-hybridized carbons (Fsp3) is 0.538. The van der Waals surface area contributed by atoms with Crippen LogP contribution in [0.15, 0.2) is 16.8 Å². The van der Waals surface area contributed by atoms with Gasteiger partial charge in [0, 0.05) is 46.2 Å². The Morgan fingerprint density at radius 1 is 1.29 bits per heavy atom. The highest BCUT2D eigenvalue weighted by Crippen LogP contribution is 2.13. The van der Waals surface area contributed by atoms with E-state index in [9.17, 15) is 14.4 Å². The number of nitrogens with zero attached hydrogens (tertiary/aromatic N) is 3. The van der Waals surface area contributed by atoms with Crippen LogP contribution in [0.4, 0.5) is 0 Å². The van der Waals surface area contributed by atoms with Crippen LogP contribution in [-0.2, 0) is 9.59 Å². The summed E-state index contributed by atoms with van der Waals surface area (Å²) in [5, 5.41) is 6.07. The minimum absolute atomic E-state index is 0.113. The van der Waals surface area contributed by atoms with E-state index in [1.165, 1.54) is 31.1 Å². The number of aromatic nitrogens is 1. The summed E-state index contributed by atoms with van der Waals surface area (Å²) in [6.45, 7) is 2.74. The van der Waals surface area contributed by atoms with Crippen molar-refractivity contribution in [3.05, 3.63) is 18.0 Å². The van der Waals surface area contributed by atoms with Gasteiger partial charge >= 0.3 is 0 Å². The number of nitrogens with one attached hydrogen (secondary N) is 1. The van der Waals surface area contributed by atoms with Crippen molar-refractivity contribution in [2.24, 2.45) is 5.92 Å². The molecule has 1 fully saturated rings. The number of hydrogen-bond acceptors (Lipinski definition) is 5. The molecular weight excluding hydrogens is 276 g/mol. The predicted octanol–water partition coefficient (Wildman–Crippen LogP) is -0.659. The van der Waals surface area contributed by atoms with Gasteiger partial charge in [-0.1, -0.05) is 5.16 Å². The van der Waals surface area contributed by atoms with Gasteiger partial charge in [0.25, 0.3) is 5.91 Å². The monoisotopic (exact) mass is 294 g/mol. The number of hydrogen-bond donors (Lipinski definition) is 1. The van der Waals surface area contributed by atoms with E-state index < -0.39 is 5.92 Å². The Bertz CT molecular complexity index is 528. The highest BCUT2D eigenvalue weighted by Gasteiger charge is 2.31. The number of rotatable bonds is 2. The Kier molecular flexibility index (Phi) is 4.56. The van der Waals surface area contributed by atoms with Gasteiger partial charge in [-0.15, -0.1) is 0 Å². The van der Waals surface area contributed by atoms with E-state index in [0.29, 0.717) is 19.6 Å². The first-order chi connectivity index (χ1) is 10.0. The number of carbonyl (C=O) groups excluding carboxylic acids is 3. The third kappa shape index (κ3) is 3.39. The van der Waals surface area contributed by atoms with Gasteiger partial charge in [-0.2, -0.15) is 0 Å². The first-order valence-electron chi connectivity index (χ1n) is 6.70. The molecule has 1 aliphatic rings. The van der Waals surface area contributed by atoms with E-state index >= 15 is 0 Å². The summed E-state index contributed by atoms with van der Waals surface area (Å²) in [5.41, 5.74) is 0. The zero-order valence-corrected chi connectivity index (χ0v) is 12.0. The third-order valence-corrected chi connectivity index (χ3v) is 3.52. The lowest BCUT2D eigenvalue weighted by molar-refractivity contribution is -0.130. The molecule has 1 aromatic heterocycles. The second-order valence-electron chi connectivity index (χ2n) is 4.90. The molecule has 114 valence electrons. The Morgan fingerprint density at radius 3 is 2.52 bits per heavy atom. The molecule has 1 atom stereocenters. The molecule has 21 heavy (non-hydrogen) atoms. The summed E-state index contributed by atoms with van der Waals surface area (Å²) in [5.74, 6) is -0.974. The maximum atomic E-state index is 12.3. The fourth-order valence-corrected chi connectivity index (χ4v) is 2.34. The van der Waals surface area contributed by atoms with E-state index in [-0.39, 0.29) is 30.0 Å². The van der Waals surface area contributed by atoms with E-state index in [1.807, 2.05) is 0 Å². The van der Waals surface area contributed by atoms with Crippen LogP contribution < -0.4 is 5.32 Å². The molecule has 0 radical (unpaired) electrons. The topological polar surface area (TPSA) is 95.8 Å². The van der Waals surface area contributed by atoms with Crippen LogP contribution >= 0.6 is 0 Å². The Hall–Kier alpha value is -2.38. The van der Waals surface area contributed by atoms with Crippen LogP contribution in [0.1, 0.15) is 17.5 Å². The van der Waals surface area contributed by atoms with Gasteiger partial charge < -0.3 is 19.6 Å². The lowest BCUT2D eigenvalue weighted by Gasteiger charge is -2.22. The zero-order valence-electron chi connectivity index (χ0n) is 12.0. The molecule has 8 nitrogen and oxygen atoms in total. The molecule has 0 bridgehead atoms. The predicted molar refractivity (Wildman–Crippen MR) is 72.2 cm³/mol. The van der Waals surface area contributed by atoms with Gasteiger partial charge in [0.1, 0.15) is 0 Å². The number of amides is 3. The smallest absolute Gasteiger partial charge is 0.292 e. The summed E-state index contributed by atoms with van der Waals surface area (Å²) < 4.78 is 4.86. The maximum absolute atomic E-state index is 12.3. The quantitative estimate of drug-likeness (QED) is 0.781. The molecule has 0 spiro atoms. The summed E-state index contributed by atoms with van der Waals surface area (Å²) in [6.07, 6.45) is 1.39. The largest absolute Gasteiger partial charge is 0.359 e. The third-order valence-electron chi connectivity index (χ3n) is 3.52. The van der Waals surface area contributed by atoms with Gasteiger partial charge in [-0.05, 0) is 0 Å². The zero-order chi connectivity index (χ0) is 15.4. The average molecular weight is 294 g/mol. The van der Waals surface area contributed by atoms with Crippen molar-refractivity contribution in [1.29, 1.82) is 0 Å². The summed E-state index contributed by atoms with van der Waals surface area (Å²) in [7, 11) is 1.54. The fourth-order valence-electron chi connectivity index (χ4n) is 2.34. The highest BCUT2D eigenvalue weighted by molar-refractivity contribution is 5.92. The van der Waals surface area contributed by atoms with E-state index in [0.717, 1.165) is 0 Å². The van der Waals surface area contributed by atoms with Gasteiger partial charge in [0.05, 0.1) is 12.1 Å². The molecule has 1 saturated heterocycles. The molecule has 0 aromatic carbocycles. The normalized spacial score (nSPS) is 19.0. The molecule has 0 saturated carbocycles. The van der Waals surface area contributed by atoms with Crippen LogP contribution in [0.3, 0.4) is 0 Å². The molecule has 0 aliphatic carbocycles. The van der Waals surface area contributed by atoms with Gasteiger partial charge in [0.2, 0.25) is 17.6 Å². The van der Waals surface area contributed by atoms with Crippen molar-refractivity contribution in [3.63, 3.8) is 0 Å². The Labute approximate surface area is 122 Å². The van der Waals surface area contributed by atoms with Crippen molar-refractivity contribution in [2.75, 3.05) is 33.2 Å². The highest BCUT2D eigenvalue weighted by atomic mass is 16.5. The molecule has 1 aliphatic heterocycles. The van der Waals surface area contributed by atoms with Crippen LogP contribution in [0.5, 0.6) is 0 Å². The van der Waals surface area contributed by atoms with Gasteiger partial charge in [0.15, 0.2) is 0 Å². The SMILES string of the molecule is CNC(=O)[C@@H]1CN(C(C)=O)CCN(C(=O)c2ccno2)C1. The van der Waals surface area contributed by atoms with E-state index in [4.69, 9.17) is 4.52 Å². The lowest BCUT2D eigenvalue weighted by atomic mass is 10.1. The summed E-state index contributed by atoms with van der Waals surface area (Å²) in [6, 6.07) is 1.48. The molecule has 8 heteroatoms. The van der Waals surface area contributed by atoms with Crippen molar-refractivity contribution in [2.45, 2.75) is 6.92 Å². The van der Waals surface area contributed by atoms with Crippen LogP contribution in [-0.4, -0.2) is 65.9 Å². The second kappa shape index (κ2) is 6.38. The summed E-state index contributed by atoms with van der Waals surface area (Å²) in [4.78, 5) is 38.9. The number of carbonyl (C=O) groups is 3. The molecule has 2 rings (SSSR count). The van der Waals surface area contributed by atoms with Crippen LogP contribution in [0, 0.1) is 5.92 Å². The second-order valence-corrected chi connectivity index (χ2v) is 4.90. The molecule has 3 amide bonds. The maximum Gasteiger partial charge on any atom is 0.292 e. The average Bonchev–Trinajstić information content (AvgIpc) is 2.91. The van der Waals surface area contributed by atoms with Crippen LogP contribution in [0.2, 0.25) is 0 Å². The molecule has 1 N–H and O–H groups in total. The first kappa shape index (κ1) is 15.0. The molecule has 0 unspecified atom stereocenters. The molecule has 2 heterocycles. The Morgan fingerprint density at radius 2 is 1.95 bits per heavy atom. The minimum Gasteiger partial charge on any atom is -0.359 e. The van der Waals surface area contributed by atoms with Crippen molar-refractivity contribution >= 4 is 17.7 Å². The van der Waals surface area contributed by atoms with Crippen molar-refractivity contribution in [1.82, 2.24) is 20.3 Å². The first-order valence-corrected chi connectivity index (χ1v) is 6.70. The molecule has 1 aromatic rings. The van der Waals surface area contributed by atoms with Gasteiger partial charge in [-0.25, -0.2) is 0 Å². The Balaban J connectivity index is 2.17. The summed E-state index contributed by atoms with van der Waals surface area (Å²) >= 11 is 0. The van der Waals surface area contributed by atoms with E-state index in [2.05, 4.69) is 10.5 Å². The van der Waals surface area contributed by atoms with E-state index in [1.54, 1.807) is 4.90 Å². The lowest BCUT2D eigenvalue weighted by Crippen LogP contribution is -2.42. The molecular formula is C13H18N4O4. The van der Waals surface area contributed by atoms with Crippen molar-refractivity contribution in [3.8, 4) is 0 Å².